The molecule has 0 aromatic heterocycles. The Hall–Kier alpha value is 0.110. The maximum absolute atomic E-state index is 11.1. The molecule has 0 amide bonds. The molecule has 0 fully saturated rings. The van der Waals surface area contributed by atoms with E-state index in [1.807, 2.05) is 0 Å². The van der Waals surface area contributed by atoms with Gasteiger partial charge in [-0.3, -0.25) is 4.79 Å². The van der Waals surface area contributed by atoms with Gasteiger partial charge in [-0.05, 0) is 6.42 Å². The normalized spacial score (nSPS) is 12.5. The monoisotopic (exact) mass is 238 g/mol. The number of hydrogen-bond acceptors (Lipinski definition) is 3. The first-order valence-corrected chi connectivity index (χ1v) is 6.10. The third-order valence-electron chi connectivity index (χ3n) is 1.87. The van der Waals surface area contributed by atoms with Crippen LogP contribution in [0.1, 0.15) is 45.4 Å². The van der Waals surface area contributed by atoms with Crippen molar-refractivity contribution in [2.75, 3.05) is 6.61 Å². The molecular weight excluding hydrogens is 220 g/mol. The fourth-order valence-corrected chi connectivity index (χ4v) is 1.24. The van der Waals surface area contributed by atoms with E-state index in [0.717, 1.165) is 12.8 Å². The van der Waals surface area contributed by atoms with E-state index in [4.69, 9.17) is 16.3 Å². The molecule has 0 aliphatic carbocycles. The molecule has 0 aromatic rings. The minimum atomic E-state index is -0.390. The minimum Gasteiger partial charge on any atom is -0.463 e. The SMILES string of the molecule is CCCCCCCC(=O)OCC(S)Cl. The summed E-state index contributed by atoms with van der Waals surface area (Å²) < 4.78 is 4.47. The average molecular weight is 239 g/mol. The summed E-state index contributed by atoms with van der Waals surface area (Å²) in [7, 11) is 0. The van der Waals surface area contributed by atoms with Gasteiger partial charge >= 0.3 is 5.97 Å². The summed E-state index contributed by atoms with van der Waals surface area (Å²) in [4.78, 5) is 11.1. The van der Waals surface area contributed by atoms with Gasteiger partial charge in [0.25, 0.3) is 0 Å². The highest BCUT2D eigenvalue weighted by molar-refractivity contribution is 7.82. The van der Waals surface area contributed by atoms with E-state index in [9.17, 15) is 4.79 Å². The number of carbonyl (C=O) groups excluding carboxylic acids is 1. The van der Waals surface area contributed by atoms with Gasteiger partial charge in [0, 0.05) is 6.42 Å². The van der Waals surface area contributed by atoms with Crippen molar-refractivity contribution in [2.45, 2.75) is 50.2 Å². The summed E-state index contributed by atoms with van der Waals surface area (Å²) in [5, 5.41) is 0. The van der Waals surface area contributed by atoms with E-state index in [-0.39, 0.29) is 17.3 Å². The van der Waals surface area contributed by atoms with Crippen molar-refractivity contribution in [1.82, 2.24) is 0 Å². The summed E-state index contributed by atoms with van der Waals surface area (Å²) in [5.74, 6) is -0.166. The molecule has 1 atom stereocenters. The number of unbranched alkanes of at least 4 members (excludes halogenated alkanes) is 4. The Labute approximate surface area is 96.8 Å². The van der Waals surface area contributed by atoms with E-state index in [1.54, 1.807) is 0 Å². The molecule has 0 aromatic carbocycles. The number of rotatable bonds is 8. The first kappa shape index (κ1) is 14.1. The zero-order valence-electron chi connectivity index (χ0n) is 8.67. The lowest BCUT2D eigenvalue weighted by Gasteiger charge is -2.05. The molecule has 1 unspecified atom stereocenters. The van der Waals surface area contributed by atoms with Gasteiger partial charge in [0.05, 0.1) is 0 Å². The minimum absolute atomic E-state index is 0.166. The van der Waals surface area contributed by atoms with Crippen molar-refractivity contribution < 1.29 is 9.53 Å². The zero-order chi connectivity index (χ0) is 10.8. The Bertz CT molecular complexity index is 151. The standard InChI is InChI=1S/C10H19ClO2S/c1-2-3-4-5-6-7-10(12)13-8-9(11)14/h9,14H,2-8H2,1H3. The van der Waals surface area contributed by atoms with Crippen LogP contribution in [0.4, 0.5) is 0 Å². The van der Waals surface area contributed by atoms with Gasteiger partial charge in [-0.2, -0.15) is 12.6 Å². The smallest absolute Gasteiger partial charge is 0.305 e. The Morgan fingerprint density at radius 2 is 2.00 bits per heavy atom. The van der Waals surface area contributed by atoms with Gasteiger partial charge in [-0.1, -0.05) is 32.6 Å². The molecule has 0 saturated carbocycles. The number of ether oxygens (including phenoxy) is 1. The van der Waals surface area contributed by atoms with Crippen LogP contribution >= 0.6 is 24.2 Å². The fraction of sp³-hybridized carbons (Fsp3) is 0.900. The first-order valence-electron chi connectivity index (χ1n) is 5.14. The van der Waals surface area contributed by atoms with Crippen molar-refractivity contribution in [1.29, 1.82) is 0 Å². The number of hydrogen-bond donors (Lipinski definition) is 1. The molecular formula is C10H19ClO2S. The van der Waals surface area contributed by atoms with Crippen molar-refractivity contribution >= 4 is 30.2 Å². The van der Waals surface area contributed by atoms with Crippen molar-refractivity contribution in [2.24, 2.45) is 0 Å². The summed E-state index contributed by atoms with van der Waals surface area (Å²) in [6.45, 7) is 2.36. The molecule has 0 radical (unpaired) electrons. The van der Waals surface area contributed by atoms with Crippen LogP contribution in [0, 0.1) is 0 Å². The van der Waals surface area contributed by atoms with Crippen LogP contribution in [0.5, 0.6) is 0 Å². The molecule has 0 bridgehead atoms. The largest absolute Gasteiger partial charge is 0.463 e. The highest BCUT2D eigenvalue weighted by Gasteiger charge is 2.04. The van der Waals surface area contributed by atoms with Gasteiger partial charge in [-0.25, -0.2) is 0 Å². The molecule has 84 valence electrons. The van der Waals surface area contributed by atoms with Gasteiger partial charge in [-0.15, -0.1) is 11.6 Å². The molecule has 2 nitrogen and oxygen atoms in total. The summed E-state index contributed by atoms with van der Waals surface area (Å²) in [6.07, 6.45) is 6.19. The van der Waals surface area contributed by atoms with Crippen LogP contribution in [-0.4, -0.2) is 17.3 Å². The van der Waals surface area contributed by atoms with E-state index in [2.05, 4.69) is 19.6 Å². The molecule has 14 heavy (non-hydrogen) atoms. The quantitative estimate of drug-likeness (QED) is 0.304. The predicted molar refractivity (Wildman–Crippen MR) is 63.0 cm³/mol. The summed E-state index contributed by atoms with van der Waals surface area (Å²) >= 11 is 9.41. The van der Waals surface area contributed by atoms with Crippen molar-refractivity contribution in [3.05, 3.63) is 0 Å². The van der Waals surface area contributed by atoms with E-state index < -0.39 is 0 Å². The third kappa shape index (κ3) is 10.2. The fourth-order valence-electron chi connectivity index (χ4n) is 1.11. The average Bonchev–Trinajstić information content (AvgIpc) is 2.14. The lowest BCUT2D eigenvalue weighted by Crippen LogP contribution is -2.09. The number of halogens is 1. The van der Waals surface area contributed by atoms with E-state index in [1.165, 1.54) is 19.3 Å². The summed E-state index contributed by atoms with van der Waals surface area (Å²) in [5.41, 5.74) is 0. The lowest BCUT2D eigenvalue weighted by molar-refractivity contribution is -0.143. The van der Waals surface area contributed by atoms with Crippen LogP contribution in [0.2, 0.25) is 0 Å². The van der Waals surface area contributed by atoms with Crippen molar-refractivity contribution in [3.63, 3.8) is 0 Å². The maximum atomic E-state index is 11.1. The second-order valence-electron chi connectivity index (χ2n) is 3.28. The highest BCUT2D eigenvalue weighted by Crippen LogP contribution is 2.07. The number of carbonyl (C=O) groups is 1. The zero-order valence-corrected chi connectivity index (χ0v) is 10.3. The molecule has 0 spiro atoms. The van der Waals surface area contributed by atoms with Gasteiger partial charge in [0.1, 0.15) is 11.3 Å². The van der Waals surface area contributed by atoms with Gasteiger partial charge < -0.3 is 4.74 Å². The topological polar surface area (TPSA) is 26.3 Å². The number of thiol groups is 1. The Morgan fingerprint density at radius 3 is 2.57 bits per heavy atom. The van der Waals surface area contributed by atoms with Gasteiger partial charge in [0.15, 0.2) is 0 Å². The van der Waals surface area contributed by atoms with Crippen LogP contribution in [0.3, 0.4) is 0 Å². The number of esters is 1. The van der Waals surface area contributed by atoms with Crippen LogP contribution in [0.25, 0.3) is 0 Å². The van der Waals surface area contributed by atoms with Crippen LogP contribution in [0.15, 0.2) is 0 Å². The maximum Gasteiger partial charge on any atom is 0.305 e. The highest BCUT2D eigenvalue weighted by atomic mass is 35.5. The van der Waals surface area contributed by atoms with E-state index >= 15 is 0 Å². The first-order chi connectivity index (χ1) is 6.66. The Balaban J connectivity index is 3.18. The summed E-state index contributed by atoms with van der Waals surface area (Å²) in [6, 6.07) is 0. The second-order valence-corrected chi connectivity index (χ2v) is 4.74. The molecule has 0 rings (SSSR count). The molecule has 0 saturated heterocycles. The van der Waals surface area contributed by atoms with Gasteiger partial charge in [0.2, 0.25) is 0 Å². The molecule has 0 aliphatic heterocycles. The van der Waals surface area contributed by atoms with E-state index in [0.29, 0.717) is 6.42 Å². The Morgan fingerprint density at radius 1 is 1.36 bits per heavy atom. The predicted octanol–water partition coefficient (Wildman–Crippen LogP) is 3.38. The third-order valence-corrected chi connectivity index (χ3v) is 2.14. The molecule has 0 heterocycles. The van der Waals surface area contributed by atoms with Crippen LogP contribution < -0.4 is 0 Å². The Kier molecular flexibility index (Phi) is 9.73. The lowest BCUT2D eigenvalue weighted by atomic mass is 10.1. The molecule has 4 heteroatoms. The second kappa shape index (κ2) is 9.66. The van der Waals surface area contributed by atoms with Crippen molar-refractivity contribution in [3.8, 4) is 0 Å². The molecule has 0 N–H and O–H groups in total. The van der Waals surface area contributed by atoms with Crippen LogP contribution in [-0.2, 0) is 9.53 Å². The molecule has 0 aliphatic rings. The number of alkyl halides is 1.